The summed E-state index contributed by atoms with van der Waals surface area (Å²) in [5, 5.41) is 3.19. The Bertz CT molecular complexity index is 1660. The lowest BCUT2D eigenvalue weighted by Crippen LogP contribution is -2.53. The number of amides is 2. The van der Waals surface area contributed by atoms with Crippen molar-refractivity contribution in [2.75, 3.05) is 17.4 Å². The second-order valence-corrected chi connectivity index (χ2v) is 12.6. The van der Waals surface area contributed by atoms with E-state index in [4.69, 9.17) is 11.6 Å². The van der Waals surface area contributed by atoms with Gasteiger partial charge in [0.1, 0.15) is 18.4 Å². The van der Waals surface area contributed by atoms with Crippen LogP contribution in [0.25, 0.3) is 0 Å². The lowest BCUT2D eigenvalue weighted by molar-refractivity contribution is -0.140. The number of hydrogen-bond donors (Lipinski definition) is 1. The van der Waals surface area contributed by atoms with Gasteiger partial charge in [0.2, 0.25) is 11.8 Å². The summed E-state index contributed by atoms with van der Waals surface area (Å²) < 4.78 is 43.9. The van der Waals surface area contributed by atoms with Crippen LogP contribution in [-0.2, 0) is 32.6 Å². The number of halogens is 2. The number of carbonyl (C=O) groups excluding carboxylic acids is 2. The summed E-state index contributed by atoms with van der Waals surface area (Å²) in [4.78, 5) is 29.3. The van der Waals surface area contributed by atoms with Gasteiger partial charge < -0.3 is 10.2 Å². The van der Waals surface area contributed by atoms with Gasteiger partial charge in [0.05, 0.1) is 10.6 Å². The lowest BCUT2D eigenvalue weighted by Gasteiger charge is -2.34. The zero-order valence-corrected chi connectivity index (χ0v) is 26.0. The Kier molecular flexibility index (Phi) is 11.5. The van der Waals surface area contributed by atoms with Crippen molar-refractivity contribution in [3.63, 3.8) is 0 Å². The van der Waals surface area contributed by atoms with E-state index in [9.17, 15) is 22.4 Å². The van der Waals surface area contributed by atoms with Gasteiger partial charge in [0.15, 0.2) is 0 Å². The highest BCUT2D eigenvalue weighted by molar-refractivity contribution is 7.92. The van der Waals surface area contributed by atoms with Crippen molar-refractivity contribution in [2.24, 2.45) is 0 Å². The summed E-state index contributed by atoms with van der Waals surface area (Å²) in [6.45, 7) is 1.50. The van der Waals surface area contributed by atoms with Crippen molar-refractivity contribution < 1.29 is 22.4 Å². The van der Waals surface area contributed by atoms with Crippen LogP contribution >= 0.6 is 11.6 Å². The van der Waals surface area contributed by atoms with E-state index in [0.717, 1.165) is 22.7 Å². The molecule has 7 nitrogen and oxygen atoms in total. The van der Waals surface area contributed by atoms with Crippen LogP contribution in [0.5, 0.6) is 0 Å². The molecule has 1 atom stereocenters. The smallest absolute Gasteiger partial charge is 0.264 e. The molecule has 0 aliphatic rings. The van der Waals surface area contributed by atoms with E-state index in [2.05, 4.69) is 5.32 Å². The third-order valence-corrected chi connectivity index (χ3v) is 9.13. The van der Waals surface area contributed by atoms with Gasteiger partial charge in [-0.15, -0.1) is 0 Å². The van der Waals surface area contributed by atoms with Gasteiger partial charge in [-0.1, -0.05) is 97.7 Å². The SMILES string of the molecule is CCCCNC(=O)C(Cc1ccccc1)N(Cc1ccccc1F)C(=O)CN(c1cccc(Cl)c1)S(=O)(=O)c1ccccc1. The summed E-state index contributed by atoms with van der Waals surface area (Å²) in [6, 6.07) is 28.1. The number of benzene rings is 4. The van der Waals surface area contributed by atoms with Gasteiger partial charge in [-0.05, 0) is 48.4 Å². The van der Waals surface area contributed by atoms with E-state index < -0.39 is 40.2 Å². The van der Waals surface area contributed by atoms with E-state index in [1.165, 1.54) is 35.2 Å². The zero-order valence-electron chi connectivity index (χ0n) is 24.4. The van der Waals surface area contributed by atoms with Crippen molar-refractivity contribution in [3.8, 4) is 0 Å². The predicted octanol–water partition coefficient (Wildman–Crippen LogP) is 6.23. The van der Waals surface area contributed by atoms with Crippen LogP contribution in [0.3, 0.4) is 0 Å². The average molecular weight is 636 g/mol. The number of rotatable bonds is 14. The third kappa shape index (κ3) is 8.45. The molecule has 44 heavy (non-hydrogen) atoms. The highest BCUT2D eigenvalue weighted by Crippen LogP contribution is 2.27. The minimum Gasteiger partial charge on any atom is -0.354 e. The Morgan fingerprint density at radius 2 is 1.55 bits per heavy atom. The average Bonchev–Trinajstić information content (AvgIpc) is 3.03. The molecule has 0 bridgehead atoms. The normalized spacial score (nSPS) is 11.9. The highest BCUT2D eigenvalue weighted by Gasteiger charge is 2.35. The topological polar surface area (TPSA) is 86.8 Å². The summed E-state index contributed by atoms with van der Waals surface area (Å²) in [7, 11) is -4.25. The molecule has 4 rings (SSSR count). The number of anilines is 1. The molecule has 0 heterocycles. The van der Waals surface area contributed by atoms with Crippen LogP contribution in [0.1, 0.15) is 30.9 Å². The molecule has 1 unspecified atom stereocenters. The quantitative estimate of drug-likeness (QED) is 0.166. The summed E-state index contributed by atoms with van der Waals surface area (Å²) in [6.07, 6.45) is 1.73. The van der Waals surface area contributed by atoms with E-state index in [1.807, 2.05) is 37.3 Å². The zero-order chi connectivity index (χ0) is 31.5. The number of sulfonamides is 1. The molecule has 0 saturated carbocycles. The fourth-order valence-corrected chi connectivity index (χ4v) is 6.36. The van der Waals surface area contributed by atoms with Gasteiger partial charge in [-0.25, -0.2) is 12.8 Å². The molecule has 0 spiro atoms. The maximum absolute atomic E-state index is 15.0. The van der Waals surface area contributed by atoms with Crippen molar-refractivity contribution in [3.05, 3.63) is 131 Å². The van der Waals surface area contributed by atoms with Crippen LogP contribution in [0, 0.1) is 5.82 Å². The van der Waals surface area contributed by atoms with Gasteiger partial charge >= 0.3 is 0 Å². The molecule has 2 amide bonds. The van der Waals surface area contributed by atoms with Crippen molar-refractivity contribution >= 4 is 39.1 Å². The summed E-state index contributed by atoms with van der Waals surface area (Å²) in [5.41, 5.74) is 1.16. The first kappa shape index (κ1) is 32.7. The molecular formula is C34H35ClFN3O4S. The summed E-state index contributed by atoms with van der Waals surface area (Å²) >= 11 is 6.24. The molecular weight excluding hydrogens is 601 g/mol. The van der Waals surface area contributed by atoms with Gasteiger partial charge in [0, 0.05) is 30.1 Å². The van der Waals surface area contributed by atoms with Crippen LogP contribution < -0.4 is 9.62 Å². The van der Waals surface area contributed by atoms with Crippen molar-refractivity contribution in [1.82, 2.24) is 10.2 Å². The second-order valence-electron chi connectivity index (χ2n) is 10.3. The van der Waals surface area contributed by atoms with Gasteiger partial charge in [-0.3, -0.25) is 13.9 Å². The minimum absolute atomic E-state index is 0.0217. The Morgan fingerprint density at radius 3 is 2.20 bits per heavy atom. The van der Waals surface area contributed by atoms with Crippen molar-refractivity contribution in [2.45, 2.75) is 43.7 Å². The third-order valence-electron chi connectivity index (χ3n) is 7.11. The van der Waals surface area contributed by atoms with E-state index >= 15 is 0 Å². The Labute approximate surface area is 263 Å². The summed E-state index contributed by atoms with van der Waals surface area (Å²) in [5.74, 6) is -1.63. The van der Waals surface area contributed by atoms with Crippen LogP contribution in [0.15, 0.2) is 114 Å². The van der Waals surface area contributed by atoms with Crippen LogP contribution in [-0.4, -0.2) is 44.3 Å². The Balaban J connectivity index is 1.79. The number of nitrogens with one attached hydrogen (secondary N) is 1. The van der Waals surface area contributed by atoms with E-state index in [-0.39, 0.29) is 34.1 Å². The lowest BCUT2D eigenvalue weighted by atomic mass is 10.0. The van der Waals surface area contributed by atoms with Crippen LogP contribution in [0.2, 0.25) is 5.02 Å². The minimum atomic E-state index is -4.25. The largest absolute Gasteiger partial charge is 0.354 e. The fourth-order valence-electron chi connectivity index (χ4n) is 4.75. The number of carbonyl (C=O) groups is 2. The molecule has 0 fully saturated rings. The number of nitrogens with zero attached hydrogens (tertiary/aromatic N) is 2. The maximum atomic E-state index is 15.0. The van der Waals surface area contributed by atoms with Crippen LogP contribution in [0.4, 0.5) is 10.1 Å². The molecule has 4 aromatic rings. The van der Waals surface area contributed by atoms with E-state index in [0.29, 0.717) is 6.54 Å². The Morgan fingerprint density at radius 1 is 0.886 bits per heavy atom. The number of hydrogen-bond acceptors (Lipinski definition) is 4. The fraction of sp³-hybridized carbons (Fsp3) is 0.235. The van der Waals surface area contributed by atoms with Gasteiger partial charge in [-0.2, -0.15) is 0 Å². The van der Waals surface area contributed by atoms with Gasteiger partial charge in [0.25, 0.3) is 10.0 Å². The standard InChI is InChI=1S/C34H35ClFN3O4S/c1-2-3-21-37-34(41)32(22-26-13-6-4-7-14-26)38(24-27-15-10-11-20-31(27)36)33(40)25-39(29-17-12-16-28(35)23-29)44(42,43)30-18-8-5-9-19-30/h4-20,23,32H,2-3,21-22,24-25H2,1H3,(H,37,41). The molecule has 0 aliphatic carbocycles. The molecule has 10 heteroatoms. The molecule has 0 aromatic heterocycles. The highest BCUT2D eigenvalue weighted by atomic mass is 35.5. The van der Waals surface area contributed by atoms with E-state index in [1.54, 1.807) is 48.5 Å². The molecule has 230 valence electrons. The Hall–Kier alpha value is -4.21. The first-order chi connectivity index (χ1) is 21.2. The molecule has 1 N–H and O–H groups in total. The molecule has 0 saturated heterocycles. The number of unbranched alkanes of at least 4 members (excludes halogenated alkanes) is 1. The first-order valence-corrected chi connectivity index (χ1v) is 16.2. The first-order valence-electron chi connectivity index (χ1n) is 14.4. The molecule has 0 radical (unpaired) electrons. The predicted molar refractivity (Wildman–Crippen MR) is 171 cm³/mol. The monoisotopic (exact) mass is 635 g/mol. The van der Waals surface area contributed by atoms with Crippen molar-refractivity contribution in [1.29, 1.82) is 0 Å². The second kappa shape index (κ2) is 15.5. The maximum Gasteiger partial charge on any atom is 0.264 e. The molecule has 0 aliphatic heterocycles. The molecule has 4 aromatic carbocycles.